The van der Waals surface area contributed by atoms with Gasteiger partial charge in [0.25, 0.3) is 0 Å². The summed E-state index contributed by atoms with van der Waals surface area (Å²) in [7, 11) is 1.92. The Morgan fingerprint density at radius 1 is 1.33 bits per heavy atom. The second kappa shape index (κ2) is 9.42. The number of nitrogens with zero attached hydrogens (tertiary/aromatic N) is 3. The fraction of sp³-hybridized carbons (Fsp3) is 0.211. The topological polar surface area (TPSA) is 87.6 Å². The highest BCUT2D eigenvalue weighted by molar-refractivity contribution is 6.16. The highest BCUT2D eigenvalue weighted by atomic mass is 19.3. The minimum Gasteiger partial charge on any atom is -0.435 e. The maximum atomic E-state index is 12.2. The van der Waals surface area contributed by atoms with Gasteiger partial charge in [-0.25, -0.2) is 9.98 Å². The first-order valence-electron chi connectivity index (χ1n) is 8.21. The molecule has 27 heavy (non-hydrogen) atoms. The molecule has 6 nitrogen and oxygen atoms in total. The molecular formula is C19H21F2N5O. The summed E-state index contributed by atoms with van der Waals surface area (Å²) in [4.78, 5) is 10.6. The number of anilines is 1. The first-order valence-corrected chi connectivity index (χ1v) is 8.21. The second-order valence-corrected chi connectivity index (χ2v) is 5.57. The fourth-order valence-electron chi connectivity index (χ4n) is 2.23. The molecule has 1 heterocycles. The van der Waals surface area contributed by atoms with Crippen molar-refractivity contribution in [3.63, 3.8) is 0 Å². The van der Waals surface area contributed by atoms with Crippen LogP contribution in [0.5, 0.6) is 5.75 Å². The first-order chi connectivity index (χ1) is 12.9. The van der Waals surface area contributed by atoms with Gasteiger partial charge in [0, 0.05) is 37.6 Å². The Kier molecular flexibility index (Phi) is 6.99. The maximum absolute atomic E-state index is 12.2. The number of pyridine rings is 1. The van der Waals surface area contributed by atoms with E-state index in [1.54, 1.807) is 30.5 Å². The van der Waals surface area contributed by atoms with Gasteiger partial charge in [-0.1, -0.05) is 12.1 Å². The predicted molar refractivity (Wildman–Crippen MR) is 104 cm³/mol. The molecule has 0 amide bonds. The number of nitrogens with one attached hydrogen (secondary N) is 1. The van der Waals surface area contributed by atoms with E-state index < -0.39 is 6.61 Å². The van der Waals surface area contributed by atoms with Crippen molar-refractivity contribution in [1.82, 2.24) is 4.98 Å². The Balaban J connectivity index is 2.23. The van der Waals surface area contributed by atoms with Gasteiger partial charge in [0.05, 0.1) is 5.69 Å². The highest BCUT2D eigenvalue weighted by Crippen LogP contribution is 2.21. The van der Waals surface area contributed by atoms with Crippen molar-refractivity contribution in [3.8, 4) is 5.75 Å². The van der Waals surface area contributed by atoms with Crippen LogP contribution in [-0.2, 0) is 0 Å². The highest BCUT2D eigenvalue weighted by Gasteiger charge is 2.06. The number of ether oxygens (including phenoxy) is 1. The van der Waals surface area contributed by atoms with Gasteiger partial charge in [-0.05, 0) is 36.8 Å². The van der Waals surface area contributed by atoms with E-state index in [-0.39, 0.29) is 11.6 Å². The third-order valence-corrected chi connectivity index (χ3v) is 3.72. The number of hydrogen-bond acceptors (Lipinski definition) is 5. The van der Waals surface area contributed by atoms with Gasteiger partial charge in [0.2, 0.25) is 0 Å². The molecule has 142 valence electrons. The van der Waals surface area contributed by atoms with Crippen LogP contribution in [0.1, 0.15) is 12.5 Å². The summed E-state index contributed by atoms with van der Waals surface area (Å²) in [6, 6.07) is 9.49. The van der Waals surface area contributed by atoms with Gasteiger partial charge in [0.15, 0.2) is 0 Å². The molecule has 0 atom stereocenters. The molecule has 1 aromatic heterocycles. The van der Waals surface area contributed by atoms with E-state index in [1.807, 2.05) is 24.9 Å². The minimum atomic E-state index is -2.88. The van der Waals surface area contributed by atoms with Gasteiger partial charge in [-0.3, -0.25) is 0 Å². The van der Waals surface area contributed by atoms with Gasteiger partial charge in [0.1, 0.15) is 17.4 Å². The van der Waals surface area contributed by atoms with Crippen molar-refractivity contribution in [1.29, 1.82) is 5.41 Å². The van der Waals surface area contributed by atoms with Crippen molar-refractivity contribution >= 4 is 29.1 Å². The monoisotopic (exact) mass is 373 g/mol. The smallest absolute Gasteiger partial charge is 0.387 e. The molecule has 0 unspecified atom stereocenters. The van der Waals surface area contributed by atoms with Crippen LogP contribution in [0.25, 0.3) is 5.57 Å². The third-order valence-electron chi connectivity index (χ3n) is 3.72. The molecule has 0 aliphatic carbocycles. The van der Waals surface area contributed by atoms with Crippen LogP contribution < -0.4 is 15.4 Å². The van der Waals surface area contributed by atoms with Crippen molar-refractivity contribution in [2.75, 3.05) is 18.5 Å². The van der Waals surface area contributed by atoms with E-state index in [2.05, 4.69) is 14.7 Å². The number of hydrogen-bond donors (Lipinski definition) is 2. The summed E-state index contributed by atoms with van der Waals surface area (Å²) < 4.78 is 28.7. The van der Waals surface area contributed by atoms with Crippen molar-refractivity contribution in [2.24, 2.45) is 10.7 Å². The van der Waals surface area contributed by atoms with E-state index in [4.69, 9.17) is 11.1 Å². The van der Waals surface area contributed by atoms with Crippen LogP contribution in [0.15, 0.2) is 53.7 Å². The van der Waals surface area contributed by atoms with Crippen LogP contribution in [0, 0.1) is 5.41 Å². The lowest BCUT2D eigenvalue weighted by atomic mass is 10.1. The number of halogens is 2. The second-order valence-electron chi connectivity index (χ2n) is 5.57. The van der Waals surface area contributed by atoms with Crippen LogP contribution in [-0.4, -0.2) is 37.2 Å². The number of aliphatic imine (C=N–C) groups is 1. The Morgan fingerprint density at radius 2 is 2.04 bits per heavy atom. The number of amidine groups is 1. The summed E-state index contributed by atoms with van der Waals surface area (Å²) >= 11 is 0. The molecule has 2 aromatic rings. The van der Waals surface area contributed by atoms with Crippen molar-refractivity contribution in [2.45, 2.75) is 13.5 Å². The van der Waals surface area contributed by atoms with Crippen LogP contribution in [0.2, 0.25) is 0 Å². The van der Waals surface area contributed by atoms with Crippen LogP contribution in [0.3, 0.4) is 0 Å². The number of aromatic nitrogens is 1. The zero-order valence-corrected chi connectivity index (χ0v) is 15.1. The molecule has 2 rings (SSSR count). The van der Waals surface area contributed by atoms with Gasteiger partial charge >= 0.3 is 6.61 Å². The number of allylic oxidation sites excluding steroid dienone is 1. The lowest BCUT2D eigenvalue weighted by molar-refractivity contribution is -0.0498. The number of alkyl halides is 2. The zero-order valence-electron chi connectivity index (χ0n) is 15.1. The van der Waals surface area contributed by atoms with E-state index >= 15 is 0 Å². The summed E-state index contributed by atoms with van der Waals surface area (Å²) in [5.41, 5.74) is 7.74. The van der Waals surface area contributed by atoms with E-state index in [1.165, 1.54) is 12.1 Å². The molecular weight excluding hydrogens is 352 g/mol. The molecule has 1 aromatic carbocycles. The van der Waals surface area contributed by atoms with Gasteiger partial charge < -0.3 is 20.8 Å². The summed E-state index contributed by atoms with van der Waals surface area (Å²) in [6.45, 7) is -0.0602. The Hall–Kier alpha value is -3.29. The van der Waals surface area contributed by atoms with Crippen molar-refractivity contribution in [3.05, 3.63) is 54.2 Å². The molecule has 0 saturated heterocycles. The van der Waals surface area contributed by atoms with Crippen LogP contribution in [0.4, 0.5) is 20.3 Å². The standard InChI is InChI=1S/C19H21F2N5O/c1-3-26(2)18-11-15(8-9-24-18)25-17(23)10-14(12-22)13-4-6-16(7-5-13)27-19(20)21/h4-12,19,22H,3H2,1-2H3,(H2,23,24,25)/b14-10+,22-12?. The first kappa shape index (κ1) is 20.0. The average Bonchev–Trinajstić information content (AvgIpc) is 2.66. The summed E-state index contributed by atoms with van der Waals surface area (Å²) in [5.74, 6) is 1.03. The zero-order chi connectivity index (χ0) is 19.8. The largest absolute Gasteiger partial charge is 0.435 e. The molecule has 0 aliphatic rings. The van der Waals surface area contributed by atoms with E-state index in [9.17, 15) is 8.78 Å². The Bertz CT molecular complexity index is 834. The molecule has 0 bridgehead atoms. The maximum Gasteiger partial charge on any atom is 0.387 e. The molecule has 8 heteroatoms. The molecule has 0 radical (unpaired) electrons. The summed E-state index contributed by atoms with van der Waals surface area (Å²) in [5, 5.41) is 7.58. The van der Waals surface area contributed by atoms with Crippen LogP contribution >= 0.6 is 0 Å². The Morgan fingerprint density at radius 3 is 2.63 bits per heavy atom. The van der Waals surface area contributed by atoms with Gasteiger partial charge in [-0.15, -0.1) is 0 Å². The third kappa shape index (κ3) is 5.88. The lowest BCUT2D eigenvalue weighted by Crippen LogP contribution is -2.16. The average molecular weight is 373 g/mol. The molecule has 3 N–H and O–H groups in total. The molecule has 0 saturated carbocycles. The van der Waals surface area contributed by atoms with Crippen molar-refractivity contribution < 1.29 is 13.5 Å². The van der Waals surface area contributed by atoms with Gasteiger partial charge in [-0.2, -0.15) is 8.78 Å². The molecule has 0 spiro atoms. The van der Waals surface area contributed by atoms with E-state index in [0.29, 0.717) is 16.8 Å². The quantitative estimate of drug-likeness (QED) is 0.543. The molecule has 0 aliphatic heterocycles. The number of benzene rings is 1. The number of nitrogens with two attached hydrogens (primary N) is 1. The summed E-state index contributed by atoms with van der Waals surface area (Å²) in [6.07, 6.45) is 4.31. The minimum absolute atomic E-state index is 0.0454. The molecule has 0 fully saturated rings. The SMILES string of the molecule is CCN(C)c1cc(N=C(N)/C=C(\C=N)c2ccc(OC(F)F)cc2)ccn1. The van der Waals surface area contributed by atoms with E-state index in [0.717, 1.165) is 18.6 Å². The Labute approximate surface area is 156 Å². The normalized spacial score (nSPS) is 12.2. The fourth-order valence-corrected chi connectivity index (χ4v) is 2.23. The predicted octanol–water partition coefficient (Wildman–Crippen LogP) is 3.86. The number of rotatable bonds is 8. The lowest BCUT2D eigenvalue weighted by Gasteiger charge is -2.15.